The zero-order valence-electron chi connectivity index (χ0n) is 31.5. The molecule has 0 radical (unpaired) electrons. The van der Waals surface area contributed by atoms with E-state index in [1.165, 1.54) is 66.8 Å². The van der Waals surface area contributed by atoms with Gasteiger partial charge in [0, 0.05) is 0 Å². The summed E-state index contributed by atoms with van der Waals surface area (Å²) in [5.74, 6) is 1.48. The summed E-state index contributed by atoms with van der Waals surface area (Å²) in [4.78, 5) is 0. The van der Waals surface area contributed by atoms with Gasteiger partial charge >= 0.3 is 345 Å². The van der Waals surface area contributed by atoms with Crippen molar-refractivity contribution in [2.24, 2.45) is 0 Å². The van der Waals surface area contributed by atoms with Crippen molar-refractivity contribution in [3.8, 4) is 22.3 Å². The van der Waals surface area contributed by atoms with E-state index in [4.69, 9.17) is 25.9 Å². The van der Waals surface area contributed by atoms with Gasteiger partial charge in [-0.15, -0.1) is 0 Å². The molecule has 0 fully saturated rings. The molecule has 0 bridgehead atoms. The molecule has 2 aromatic heterocycles. The summed E-state index contributed by atoms with van der Waals surface area (Å²) in [5.41, 5.74) is 17.6. The van der Waals surface area contributed by atoms with Crippen LogP contribution in [-0.2, 0) is 44.2 Å². The fourth-order valence-corrected chi connectivity index (χ4v) is 25.3. The first-order chi connectivity index (χ1) is 27.2. The molecule has 2 unspecified atom stereocenters. The Hall–Kier alpha value is -3.54. The second kappa shape index (κ2) is 14.7. The van der Waals surface area contributed by atoms with E-state index in [9.17, 15) is 8.78 Å². The van der Waals surface area contributed by atoms with Gasteiger partial charge in [0.25, 0.3) is 0 Å². The number of furan rings is 2. The summed E-state index contributed by atoms with van der Waals surface area (Å²) in [5, 5.41) is 0. The molecule has 0 amide bonds. The van der Waals surface area contributed by atoms with E-state index < -0.39 is 24.4 Å². The monoisotopic (exact) mass is 875 g/mol. The van der Waals surface area contributed by atoms with Gasteiger partial charge in [-0.25, -0.2) is 0 Å². The van der Waals surface area contributed by atoms with Crippen molar-refractivity contribution in [2.45, 2.75) is 76.3 Å². The molecule has 4 aliphatic rings. The summed E-state index contributed by atoms with van der Waals surface area (Å²) in [6.45, 7) is 4.00. The molecule has 4 aromatic carbocycles. The number of benzene rings is 4. The van der Waals surface area contributed by atoms with Crippen LogP contribution in [0.25, 0.3) is 45.6 Å². The van der Waals surface area contributed by atoms with Crippen LogP contribution in [0.5, 0.6) is 0 Å². The molecule has 8 heteroatoms. The number of hydrogen-bond donors (Lipinski definition) is 0. The van der Waals surface area contributed by atoms with Crippen LogP contribution in [0.3, 0.4) is 0 Å². The SMILES string of the molecule is Cc1ccc(C2=Cc3c(cc4c(c3-c3ccc(F)cc3)CCC4)C2C[SiH](CC2C(c3ccc(C)o3)=Cc3c2cc2c(c3-c3ccc(F)cc3)CCC2)[Zr]([Cl])[Cl])o1. The third-order valence-corrected chi connectivity index (χ3v) is 34.4. The number of fused-ring (bicyclic) bond motifs is 4. The molecule has 0 spiro atoms. The van der Waals surface area contributed by atoms with Gasteiger partial charge in [0.1, 0.15) is 0 Å². The molecule has 2 nitrogen and oxygen atoms in total. The third-order valence-electron chi connectivity index (χ3n) is 12.7. The van der Waals surface area contributed by atoms with Gasteiger partial charge in [-0.1, -0.05) is 0 Å². The zero-order chi connectivity index (χ0) is 38.2. The minimum atomic E-state index is -2.86. The van der Waals surface area contributed by atoms with Crippen LogP contribution in [0.15, 0.2) is 93.8 Å². The first kappa shape index (κ1) is 36.8. The minimum absolute atomic E-state index is 0.0966. The number of allylic oxidation sites excluding steroid dienone is 2. The van der Waals surface area contributed by atoms with E-state index in [1.807, 2.05) is 50.2 Å². The molecule has 2 heterocycles. The van der Waals surface area contributed by atoms with Crippen LogP contribution in [0.2, 0.25) is 12.1 Å². The summed E-state index contributed by atoms with van der Waals surface area (Å²) < 4.78 is 41.3. The Balaban J connectivity index is 1.09. The molecule has 0 saturated heterocycles. The number of hydrogen-bond acceptors (Lipinski definition) is 2. The molecule has 281 valence electrons. The van der Waals surface area contributed by atoms with Crippen LogP contribution in [-0.4, -0.2) is 5.92 Å². The average molecular weight is 878 g/mol. The van der Waals surface area contributed by atoms with Gasteiger partial charge in [-0.2, -0.15) is 0 Å². The van der Waals surface area contributed by atoms with Crippen molar-refractivity contribution in [1.29, 1.82) is 0 Å². The molecule has 10 rings (SSSR count). The van der Waals surface area contributed by atoms with Crippen LogP contribution in [0, 0.1) is 25.5 Å². The van der Waals surface area contributed by atoms with Crippen molar-refractivity contribution >= 4 is 46.2 Å². The quantitative estimate of drug-likeness (QED) is 0.135. The van der Waals surface area contributed by atoms with Crippen molar-refractivity contribution in [1.82, 2.24) is 0 Å². The molecule has 56 heavy (non-hydrogen) atoms. The topological polar surface area (TPSA) is 26.3 Å². The van der Waals surface area contributed by atoms with E-state index in [1.54, 1.807) is 24.3 Å². The number of aryl methyl sites for hydroxylation is 4. The predicted octanol–water partition coefficient (Wildman–Crippen LogP) is 13.7. The first-order valence-corrected chi connectivity index (χ1v) is 32.6. The van der Waals surface area contributed by atoms with Gasteiger partial charge in [-0.3, -0.25) is 0 Å². The number of halogens is 4. The maximum atomic E-state index is 14.2. The second-order valence-electron chi connectivity index (χ2n) is 16.1. The maximum absolute atomic E-state index is 14.2. The van der Waals surface area contributed by atoms with Crippen molar-refractivity contribution in [3.63, 3.8) is 0 Å². The molecule has 0 saturated carbocycles. The van der Waals surface area contributed by atoms with Crippen LogP contribution < -0.4 is 0 Å². The van der Waals surface area contributed by atoms with Gasteiger partial charge in [0.15, 0.2) is 0 Å². The van der Waals surface area contributed by atoms with Crippen molar-refractivity contribution in [3.05, 3.63) is 164 Å². The molecule has 0 aliphatic heterocycles. The van der Waals surface area contributed by atoms with Gasteiger partial charge in [-0.05, 0) is 0 Å². The van der Waals surface area contributed by atoms with Gasteiger partial charge < -0.3 is 0 Å². The summed E-state index contributed by atoms with van der Waals surface area (Å²) in [6, 6.07) is 29.1. The third kappa shape index (κ3) is 6.44. The Morgan fingerprint density at radius 1 is 0.607 bits per heavy atom. The molecular formula is C48H41Cl2F2O2SiZr. The molecule has 0 N–H and O–H groups in total. The Labute approximate surface area is 342 Å². The molecular weight excluding hydrogens is 837 g/mol. The van der Waals surface area contributed by atoms with Crippen LogP contribution >= 0.6 is 17.0 Å². The summed E-state index contributed by atoms with van der Waals surface area (Å²) in [7, 11) is 14.8. The van der Waals surface area contributed by atoms with E-state index in [0.29, 0.717) is 0 Å². The Morgan fingerprint density at radius 2 is 1.04 bits per heavy atom. The Morgan fingerprint density at radius 3 is 1.41 bits per heavy atom. The van der Waals surface area contributed by atoms with Crippen molar-refractivity contribution in [2.75, 3.05) is 0 Å². The normalized spacial score (nSPS) is 18.4. The molecule has 4 aliphatic carbocycles. The first-order valence-electron chi connectivity index (χ1n) is 19.8. The van der Waals surface area contributed by atoms with Gasteiger partial charge in [0.2, 0.25) is 0 Å². The Bertz CT molecular complexity index is 2410. The molecule has 2 atom stereocenters. The summed E-state index contributed by atoms with van der Waals surface area (Å²) >= 11 is -2.86. The van der Waals surface area contributed by atoms with Crippen molar-refractivity contribution < 1.29 is 36.1 Å². The average Bonchev–Trinajstić information content (AvgIpc) is 4.05. The van der Waals surface area contributed by atoms with Crippen LogP contribution in [0.1, 0.15) is 92.2 Å². The van der Waals surface area contributed by atoms with Crippen LogP contribution in [0.4, 0.5) is 8.78 Å². The summed E-state index contributed by atoms with van der Waals surface area (Å²) in [6.07, 6.45) is 11.1. The van der Waals surface area contributed by atoms with E-state index in [2.05, 4.69) is 36.4 Å². The Kier molecular flexibility index (Phi) is 9.64. The fourth-order valence-electron chi connectivity index (χ4n) is 10.2. The number of rotatable bonds is 9. The predicted molar refractivity (Wildman–Crippen MR) is 224 cm³/mol. The van der Waals surface area contributed by atoms with E-state index >= 15 is 0 Å². The standard InChI is InChI=1S/C48H41F2O2Si.2ClH.Zr/c1-27-9-19-45(51-27)39-23-41-37(21-31-5-3-7-35(31)47(41)29-11-15-33(49)16-12-29)43(39)25-53-26-44-38-22-32-6-4-8-36(32)48(30-13-17-34(50)18-14-30)42(38)24-40(44)46-20-10-28(2)52-46;;;/h9-24,43-44,53H,3-8,25-26H2,1-2H3;2*1H;/q;;;+2/p-2. The zero-order valence-corrected chi connectivity index (χ0v) is 36.6. The van der Waals surface area contributed by atoms with Gasteiger partial charge in [0.05, 0.1) is 0 Å². The van der Waals surface area contributed by atoms with E-state index in [-0.39, 0.29) is 23.5 Å². The molecule has 6 aromatic rings. The van der Waals surface area contributed by atoms with E-state index in [0.717, 1.165) is 84.8 Å². The fraction of sp³-hybridized carbons (Fsp3) is 0.250. The second-order valence-corrected chi connectivity index (χ2v) is 39.6.